The highest BCUT2D eigenvalue weighted by atomic mass is 16.6. The lowest BCUT2D eigenvalue weighted by Gasteiger charge is -2.38. The van der Waals surface area contributed by atoms with Crippen molar-refractivity contribution in [3.05, 3.63) is 36.0 Å². The van der Waals surface area contributed by atoms with Gasteiger partial charge in [0.25, 0.3) is 0 Å². The van der Waals surface area contributed by atoms with E-state index in [-0.39, 0.29) is 12.3 Å². The number of benzene rings is 1. The molecule has 4 rings (SSSR count). The Hall–Kier alpha value is -2.87. The van der Waals surface area contributed by atoms with E-state index >= 15 is 0 Å². The molecule has 0 amide bonds. The third-order valence-corrected chi connectivity index (χ3v) is 4.85. The van der Waals surface area contributed by atoms with Gasteiger partial charge in [0.1, 0.15) is 17.5 Å². The third-order valence-electron chi connectivity index (χ3n) is 4.85. The van der Waals surface area contributed by atoms with Gasteiger partial charge in [-0.05, 0) is 45.0 Å². The molecule has 1 unspecified atom stereocenters. The summed E-state index contributed by atoms with van der Waals surface area (Å²) in [7, 11) is 0. The predicted octanol–water partition coefficient (Wildman–Crippen LogP) is 2.87. The van der Waals surface area contributed by atoms with Gasteiger partial charge < -0.3 is 18.8 Å². The van der Waals surface area contributed by atoms with Crippen LogP contribution in [0.4, 0.5) is 5.82 Å². The van der Waals surface area contributed by atoms with E-state index in [2.05, 4.69) is 31.9 Å². The summed E-state index contributed by atoms with van der Waals surface area (Å²) >= 11 is 0. The van der Waals surface area contributed by atoms with Gasteiger partial charge in [-0.25, -0.2) is 0 Å². The van der Waals surface area contributed by atoms with Gasteiger partial charge in [0, 0.05) is 32.2 Å². The van der Waals surface area contributed by atoms with Crippen LogP contribution >= 0.6 is 0 Å². The van der Waals surface area contributed by atoms with E-state index in [1.807, 2.05) is 44.2 Å². The minimum Gasteiger partial charge on any atom is -0.475 e. The molecule has 1 atom stereocenters. The molecule has 0 aliphatic carbocycles. The number of piperazine rings is 1. The summed E-state index contributed by atoms with van der Waals surface area (Å²) in [5, 5.41) is 8.43. The van der Waals surface area contributed by atoms with Crippen LogP contribution in [0, 0.1) is 6.92 Å². The van der Waals surface area contributed by atoms with E-state index in [1.165, 1.54) is 0 Å². The first-order valence-corrected chi connectivity index (χ1v) is 9.62. The minimum atomic E-state index is -0.0435. The Morgan fingerprint density at radius 1 is 1.11 bits per heavy atom. The van der Waals surface area contributed by atoms with Gasteiger partial charge in [-0.2, -0.15) is 10.1 Å². The molecule has 1 aliphatic rings. The summed E-state index contributed by atoms with van der Waals surface area (Å²) in [5.74, 6) is 1.69. The first-order chi connectivity index (χ1) is 13.6. The molecule has 0 radical (unpaired) electrons. The van der Waals surface area contributed by atoms with E-state index in [9.17, 15) is 0 Å². The Morgan fingerprint density at radius 3 is 2.64 bits per heavy atom. The van der Waals surface area contributed by atoms with Crippen molar-refractivity contribution < 1.29 is 13.9 Å². The van der Waals surface area contributed by atoms with E-state index in [1.54, 1.807) is 0 Å². The first-order valence-electron chi connectivity index (χ1n) is 9.62. The highest BCUT2D eigenvalue weighted by molar-refractivity contribution is 5.74. The standard InChI is InChI=1S/C20H25N5O3/c1-4-26-20-21-17-7-6-16(13-18(17)28-20)27-15(3)24-9-11-25(12-10-24)19-8-5-14(2)22-23-19/h5-8,13,15H,4,9-12H2,1-3H3. The highest BCUT2D eigenvalue weighted by Gasteiger charge is 2.23. The van der Waals surface area contributed by atoms with Gasteiger partial charge in [-0.15, -0.1) is 5.10 Å². The van der Waals surface area contributed by atoms with Crippen molar-refractivity contribution in [1.82, 2.24) is 20.1 Å². The zero-order valence-electron chi connectivity index (χ0n) is 16.5. The maximum Gasteiger partial charge on any atom is 0.394 e. The number of hydrogen-bond donors (Lipinski definition) is 0. The molecule has 1 fully saturated rings. The lowest BCUT2D eigenvalue weighted by Crippen LogP contribution is -2.51. The molecule has 1 saturated heterocycles. The predicted molar refractivity (Wildman–Crippen MR) is 106 cm³/mol. The number of aromatic nitrogens is 3. The minimum absolute atomic E-state index is 0.0435. The average Bonchev–Trinajstić information content (AvgIpc) is 3.11. The van der Waals surface area contributed by atoms with Crippen molar-refractivity contribution in [3.63, 3.8) is 0 Å². The molecule has 0 bridgehead atoms. The number of ether oxygens (including phenoxy) is 2. The third kappa shape index (κ3) is 4.01. The van der Waals surface area contributed by atoms with Crippen LogP contribution in [-0.2, 0) is 0 Å². The largest absolute Gasteiger partial charge is 0.475 e. The van der Waals surface area contributed by atoms with Crippen LogP contribution in [0.1, 0.15) is 19.5 Å². The van der Waals surface area contributed by atoms with Gasteiger partial charge in [-0.1, -0.05) is 0 Å². The maximum atomic E-state index is 6.14. The fraction of sp³-hybridized carbons (Fsp3) is 0.450. The van der Waals surface area contributed by atoms with Crippen LogP contribution in [0.5, 0.6) is 11.8 Å². The zero-order chi connectivity index (χ0) is 19.5. The van der Waals surface area contributed by atoms with Crippen LogP contribution < -0.4 is 14.4 Å². The van der Waals surface area contributed by atoms with Gasteiger partial charge in [-0.3, -0.25) is 4.90 Å². The Kier molecular flexibility index (Phi) is 5.29. The second-order valence-electron chi connectivity index (χ2n) is 6.82. The van der Waals surface area contributed by atoms with Gasteiger partial charge in [0.05, 0.1) is 12.3 Å². The molecule has 8 nitrogen and oxygen atoms in total. The molecule has 3 aromatic rings. The van der Waals surface area contributed by atoms with Crippen LogP contribution in [0.3, 0.4) is 0 Å². The lowest BCUT2D eigenvalue weighted by molar-refractivity contribution is 0.0356. The lowest BCUT2D eigenvalue weighted by atomic mass is 10.3. The molecule has 148 valence electrons. The molecule has 8 heteroatoms. The number of oxazole rings is 1. The number of anilines is 1. The van der Waals surface area contributed by atoms with E-state index < -0.39 is 0 Å². The van der Waals surface area contributed by atoms with Crippen LogP contribution in [-0.4, -0.2) is 59.1 Å². The normalized spacial score (nSPS) is 16.3. The summed E-state index contributed by atoms with van der Waals surface area (Å²) in [4.78, 5) is 8.85. The quantitative estimate of drug-likeness (QED) is 0.643. The van der Waals surface area contributed by atoms with E-state index in [4.69, 9.17) is 13.9 Å². The monoisotopic (exact) mass is 383 g/mol. The topological polar surface area (TPSA) is 76.8 Å². The van der Waals surface area contributed by atoms with Crippen molar-refractivity contribution >= 4 is 16.9 Å². The Balaban J connectivity index is 1.35. The van der Waals surface area contributed by atoms with E-state index in [0.717, 1.165) is 49.0 Å². The summed E-state index contributed by atoms with van der Waals surface area (Å²) in [6, 6.07) is 9.68. The van der Waals surface area contributed by atoms with Gasteiger partial charge >= 0.3 is 6.08 Å². The SMILES string of the molecule is CCOc1nc2ccc(OC(C)N3CCN(c4ccc(C)nn4)CC3)cc2o1. The van der Waals surface area contributed by atoms with Crippen molar-refractivity contribution in [2.24, 2.45) is 0 Å². The van der Waals surface area contributed by atoms with Crippen molar-refractivity contribution in [1.29, 1.82) is 0 Å². The van der Waals surface area contributed by atoms with Gasteiger partial charge in [0.2, 0.25) is 0 Å². The number of rotatable bonds is 6. The number of fused-ring (bicyclic) bond motifs is 1. The smallest absolute Gasteiger partial charge is 0.394 e. The molecule has 3 heterocycles. The van der Waals surface area contributed by atoms with E-state index in [0.29, 0.717) is 12.2 Å². The molecule has 0 saturated carbocycles. The Bertz CT molecular complexity index is 919. The molecule has 28 heavy (non-hydrogen) atoms. The number of aryl methyl sites for hydroxylation is 1. The summed E-state index contributed by atoms with van der Waals surface area (Å²) in [6.07, 6.45) is 0.246. The number of hydrogen-bond acceptors (Lipinski definition) is 8. The summed E-state index contributed by atoms with van der Waals surface area (Å²) in [6.45, 7) is 10.0. The molecule has 1 aliphatic heterocycles. The highest BCUT2D eigenvalue weighted by Crippen LogP contribution is 2.26. The molecule has 0 N–H and O–H groups in total. The average molecular weight is 383 g/mol. The van der Waals surface area contributed by atoms with Crippen LogP contribution in [0.15, 0.2) is 34.7 Å². The van der Waals surface area contributed by atoms with Crippen molar-refractivity contribution in [2.75, 3.05) is 37.7 Å². The summed E-state index contributed by atoms with van der Waals surface area (Å²) in [5.41, 5.74) is 2.36. The number of nitrogens with zero attached hydrogens (tertiary/aromatic N) is 5. The molecule has 0 spiro atoms. The summed E-state index contributed by atoms with van der Waals surface area (Å²) < 4.78 is 17.1. The molecular weight excluding hydrogens is 358 g/mol. The Labute approximate surface area is 164 Å². The second kappa shape index (κ2) is 8.02. The van der Waals surface area contributed by atoms with Crippen LogP contribution in [0.2, 0.25) is 0 Å². The van der Waals surface area contributed by atoms with Gasteiger partial charge in [0.15, 0.2) is 11.4 Å². The van der Waals surface area contributed by atoms with Crippen molar-refractivity contribution in [2.45, 2.75) is 27.0 Å². The first kappa shape index (κ1) is 18.5. The van der Waals surface area contributed by atoms with Crippen molar-refractivity contribution in [3.8, 4) is 11.8 Å². The maximum absolute atomic E-state index is 6.14. The van der Waals surface area contributed by atoms with Crippen LogP contribution in [0.25, 0.3) is 11.1 Å². The molecular formula is C20H25N5O3. The second-order valence-corrected chi connectivity index (χ2v) is 6.82. The molecule has 2 aromatic heterocycles. The fourth-order valence-electron chi connectivity index (χ4n) is 3.29. The Morgan fingerprint density at radius 2 is 1.93 bits per heavy atom. The molecule has 1 aromatic carbocycles. The fourth-order valence-corrected chi connectivity index (χ4v) is 3.29. The zero-order valence-corrected chi connectivity index (χ0v) is 16.5.